The summed E-state index contributed by atoms with van der Waals surface area (Å²) in [6, 6.07) is 10.2. The fourth-order valence-corrected chi connectivity index (χ4v) is 3.51. The molecule has 0 atom stereocenters. The molecule has 0 aromatic heterocycles. The van der Waals surface area contributed by atoms with Crippen LogP contribution in [0.25, 0.3) is 0 Å². The monoisotopic (exact) mass is 407 g/mol. The molecule has 0 unspecified atom stereocenters. The molecule has 140 valence electrons. The molecule has 1 heterocycles. The van der Waals surface area contributed by atoms with E-state index >= 15 is 0 Å². The van der Waals surface area contributed by atoms with E-state index in [0.717, 1.165) is 17.7 Å². The van der Waals surface area contributed by atoms with Gasteiger partial charge in [0.25, 0.3) is 0 Å². The van der Waals surface area contributed by atoms with Crippen molar-refractivity contribution < 1.29 is 13.6 Å². The summed E-state index contributed by atoms with van der Waals surface area (Å²) in [5.41, 5.74) is 0.836. The number of nitrogens with zero attached hydrogens (tertiary/aromatic N) is 2. The number of anilines is 1. The van der Waals surface area contributed by atoms with Gasteiger partial charge in [0.1, 0.15) is 22.3 Å². The maximum Gasteiger partial charge on any atom is 0.234 e. The van der Waals surface area contributed by atoms with Gasteiger partial charge in [0.2, 0.25) is 5.91 Å². The van der Waals surface area contributed by atoms with Gasteiger partial charge in [0.15, 0.2) is 0 Å². The molecule has 0 aliphatic carbocycles. The van der Waals surface area contributed by atoms with Gasteiger partial charge in [0, 0.05) is 16.7 Å². The van der Waals surface area contributed by atoms with Crippen molar-refractivity contribution in [3.8, 4) is 0 Å². The zero-order valence-corrected chi connectivity index (χ0v) is 16.2. The number of nitrogens with one attached hydrogen (secondary N) is 1. The van der Waals surface area contributed by atoms with Crippen LogP contribution in [-0.4, -0.2) is 28.1 Å². The van der Waals surface area contributed by atoms with Gasteiger partial charge in [-0.05, 0) is 38.1 Å². The molecule has 0 radical (unpaired) electrons. The average Bonchev–Trinajstić information content (AvgIpc) is 2.91. The number of halogens is 3. The second-order valence-electron chi connectivity index (χ2n) is 6.34. The van der Waals surface area contributed by atoms with Crippen LogP contribution in [0.4, 0.5) is 14.5 Å². The normalized spacial score (nSPS) is 15.3. The molecule has 8 heteroatoms. The van der Waals surface area contributed by atoms with Crippen molar-refractivity contribution in [2.75, 3.05) is 11.1 Å². The minimum atomic E-state index is -0.823. The van der Waals surface area contributed by atoms with Crippen molar-refractivity contribution in [3.63, 3.8) is 0 Å². The Balaban J connectivity index is 1.69. The number of benzene rings is 2. The third-order valence-corrected chi connectivity index (χ3v) is 4.84. The number of hydrogen-bond acceptors (Lipinski definition) is 4. The number of rotatable bonds is 4. The minimum Gasteiger partial charge on any atom is -0.323 e. The van der Waals surface area contributed by atoms with Crippen LogP contribution in [0.15, 0.2) is 52.4 Å². The van der Waals surface area contributed by atoms with Crippen molar-refractivity contribution in [3.05, 3.63) is 64.7 Å². The van der Waals surface area contributed by atoms with Gasteiger partial charge in [-0.2, -0.15) is 0 Å². The number of carbonyl (C=O) groups excluding carboxylic acids is 1. The summed E-state index contributed by atoms with van der Waals surface area (Å²) in [6.07, 6.45) is 0. The molecular weight excluding hydrogens is 392 g/mol. The van der Waals surface area contributed by atoms with E-state index in [4.69, 9.17) is 11.6 Å². The first-order valence-electron chi connectivity index (χ1n) is 8.07. The molecule has 1 aliphatic heterocycles. The van der Waals surface area contributed by atoms with Crippen LogP contribution >= 0.6 is 23.4 Å². The molecule has 1 N–H and O–H groups in total. The van der Waals surface area contributed by atoms with Crippen molar-refractivity contribution in [2.45, 2.75) is 19.5 Å². The number of carbonyl (C=O) groups is 1. The number of hydrogen-bond donors (Lipinski definition) is 1. The van der Waals surface area contributed by atoms with E-state index in [2.05, 4.69) is 15.3 Å². The van der Waals surface area contributed by atoms with Crippen LogP contribution in [0.2, 0.25) is 5.02 Å². The third-order valence-electron chi connectivity index (χ3n) is 3.63. The second-order valence-corrected chi connectivity index (χ2v) is 7.74. The Morgan fingerprint density at radius 2 is 1.85 bits per heavy atom. The van der Waals surface area contributed by atoms with E-state index in [1.807, 2.05) is 26.0 Å². The zero-order valence-electron chi connectivity index (χ0n) is 14.6. The van der Waals surface area contributed by atoms with Gasteiger partial charge >= 0.3 is 0 Å². The molecular formula is C19H16ClF2N3OS. The Kier molecular flexibility index (Phi) is 5.62. The fraction of sp³-hybridized carbons (Fsp3) is 0.211. The summed E-state index contributed by atoms with van der Waals surface area (Å²) in [7, 11) is 0. The summed E-state index contributed by atoms with van der Waals surface area (Å²) in [5, 5.41) is 3.67. The van der Waals surface area contributed by atoms with E-state index in [9.17, 15) is 13.6 Å². The lowest BCUT2D eigenvalue weighted by Crippen LogP contribution is -2.18. The predicted molar refractivity (Wildman–Crippen MR) is 107 cm³/mol. The number of amides is 1. The van der Waals surface area contributed by atoms with Crippen LogP contribution in [0.1, 0.15) is 19.4 Å². The van der Waals surface area contributed by atoms with Gasteiger partial charge in [0.05, 0.1) is 17.2 Å². The molecule has 4 nitrogen and oxygen atoms in total. The van der Waals surface area contributed by atoms with Gasteiger partial charge in [-0.25, -0.2) is 13.8 Å². The minimum absolute atomic E-state index is 0.0122. The topological polar surface area (TPSA) is 53.8 Å². The maximum absolute atomic E-state index is 13.7. The molecule has 3 rings (SSSR count). The van der Waals surface area contributed by atoms with Crippen LogP contribution in [0.3, 0.4) is 0 Å². The van der Waals surface area contributed by atoms with Crippen LogP contribution in [-0.2, 0) is 4.79 Å². The van der Waals surface area contributed by atoms with Crippen molar-refractivity contribution in [1.29, 1.82) is 0 Å². The van der Waals surface area contributed by atoms with Crippen molar-refractivity contribution in [1.82, 2.24) is 0 Å². The van der Waals surface area contributed by atoms with Crippen LogP contribution < -0.4 is 5.32 Å². The lowest BCUT2D eigenvalue weighted by molar-refractivity contribution is -0.113. The van der Waals surface area contributed by atoms with E-state index in [1.54, 1.807) is 12.1 Å². The SMILES string of the molecule is CC1(C)N=C(SCC(=O)Nc2ccc(F)cc2F)C(c2ccc(Cl)cc2)=N1. The lowest BCUT2D eigenvalue weighted by Gasteiger charge is -2.08. The van der Waals surface area contributed by atoms with Crippen LogP contribution in [0, 0.1) is 11.6 Å². The molecule has 0 saturated heterocycles. The van der Waals surface area contributed by atoms with Gasteiger partial charge in [-0.3, -0.25) is 9.79 Å². The summed E-state index contributed by atoms with van der Waals surface area (Å²) >= 11 is 7.14. The Morgan fingerprint density at radius 3 is 2.52 bits per heavy atom. The van der Waals surface area contributed by atoms with E-state index < -0.39 is 23.2 Å². The number of thioether (sulfide) groups is 1. The Morgan fingerprint density at radius 1 is 1.15 bits per heavy atom. The molecule has 27 heavy (non-hydrogen) atoms. The molecule has 2 aromatic carbocycles. The van der Waals surface area contributed by atoms with E-state index in [0.29, 0.717) is 15.8 Å². The van der Waals surface area contributed by atoms with Crippen molar-refractivity contribution in [2.24, 2.45) is 9.98 Å². The molecule has 0 saturated carbocycles. The number of aliphatic imine (C=N–C) groups is 2. The van der Waals surface area contributed by atoms with E-state index in [-0.39, 0.29) is 11.4 Å². The zero-order chi connectivity index (χ0) is 19.6. The first-order valence-corrected chi connectivity index (χ1v) is 9.43. The van der Waals surface area contributed by atoms with Gasteiger partial charge in [-0.1, -0.05) is 35.5 Å². The summed E-state index contributed by atoms with van der Waals surface area (Å²) in [5.74, 6) is -1.94. The summed E-state index contributed by atoms with van der Waals surface area (Å²) in [4.78, 5) is 21.3. The Labute approximate surface area is 164 Å². The lowest BCUT2D eigenvalue weighted by atomic mass is 10.1. The fourth-order valence-electron chi connectivity index (χ4n) is 2.46. The highest BCUT2D eigenvalue weighted by Crippen LogP contribution is 2.27. The van der Waals surface area contributed by atoms with Gasteiger partial charge < -0.3 is 5.32 Å². The molecule has 1 aliphatic rings. The first kappa shape index (κ1) is 19.5. The highest BCUT2D eigenvalue weighted by molar-refractivity contribution is 8.16. The average molecular weight is 408 g/mol. The molecule has 2 aromatic rings. The summed E-state index contributed by atoms with van der Waals surface area (Å²) in [6.45, 7) is 3.73. The quantitative estimate of drug-likeness (QED) is 0.781. The van der Waals surface area contributed by atoms with E-state index in [1.165, 1.54) is 17.8 Å². The molecule has 1 amide bonds. The van der Waals surface area contributed by atoms with Crippen molar-refractivity contribution >= 4 is 45.7 Å². The second kappa shape index (κ2) is 7.78. The molecule has 0 fully saturated rings. The smallest absolute Gasteiger partial charge is 0.234 e. The predicted octanol–water partition coefficient (Wildman–Crippen LogP) is 4.93. The molecule has 0 spiro atoms. The third kappa shape index (κ3) is 4.93. The standard InChI is InChI=1S/C19H16ClF2N3OS/c1-19(2)24-17(11-3-5-12(20)6-4-11)18(25-19)27-10-16(26)23-15-8-7-13(21)9-14(15)22/h3-9H,10H2,1-2H3,(H,23,26). The van der Waals surface area contributed by atoms with Gasteiger partial charge in [-0.15, -0.1) is 0 Å². The highest BCUT2D eigenvalue weighted by atomic mass is 35.5. The highest BCUT2D eigenvalue weighted by Gasteiger charge is 2.28. The maximum atomic E-state index is 13.7. The van der Waals surface area contributed by atoms with Crippen LogP contribution in [0.5, 0.6) is 0 Å². The Hall–Kier alpha value is -2.25. The summed E-state index contributed by atoms with van der Waals surface area (Å²) < 4.78 is 26.6. The Bertz CT molecular complexity index is 942. The largest absolute Gasteiger partial charge is 0.323 e. The first-order chi connectivity index (χ1) is 12.7. The molecule has 0 bridgehead atoms.